The SMILES string of the molecule is CC(c1ccc(F)cc1)N(C)C(=O)CSc1nc2sc3c(c2c(=O)[nH]1)CCCC3. The molecule has 1 aliphatic rings. The number of hydrogen-bond donors (Lipinski definition) is 1. The lowest BCUT2D eigenvalue weighted by Crippen LogP contribution is -2.31. The third-order valence-corrected chi connectivity index (χ3v) is 7.51. The highest BCUT2D eigenvalue weighted by atomic mass is 32.2. The highest BCUT2D eigenvalue weighted by Crippen LogP contribution is 2.34. The first-order valence-electron chi connectivity index (χ1n) is 9.62. The first-order valence-corrected chi connectivity index (χ1v) is 11.4. The van der Waals surface area contributed by atoms with Crippen molar-refractivity contribution in [2.45, 2.75) is 43.8 Å². The molecule has 2 heterocycles. The van der Waals surface area contributed by atoms with Crippen molar-refractivity contribution in [2.24, 2.45) is 0 Å². The largest absolute Gasteiger partial charge is 0.338 e. The van der Waals surface area contributed by atoms with Gasteiger partial charge in [-0.3, -0.25) is 9.59 Å². The average Bonchev–Trinajstić information content (AvgIpc) is 3.10. The van der Waals surface area contributed by atoms with E-state index in [1.165, 1.54) is 28.8 Å². The number of H-pyrrole nitrogens is 1. The Balaban J connectivity index is 1.46. The minimum absolute atomic E-state index is 0.0833. The van der Waals surface area contributed by atoms with Crippen LogP contribution in [-0.2, 0) is 17.6 Å². The Hall–Kier alpha value is -2.19. The highest BCUT2D eigenvalue weighted by molar-refractivity contribution is 7.99. The van der Waals surface area contributed by atoms with E-state index in [9.17, 15) is 14.0 Å². The Labute approximate surface area is 176 Å². The Morgan fingerprint density at radius 1 is 1.31 bits per heavy atom. The molecule has 1 atom stereocenters. The molecule has 0 radical (unpaired) electrons. The molecule has 0 bridgehead atoms. The number of aromatic nitrogens is 2. The van der Waals surface area contributed by atoms with Crippen LogP contribution in [0.5, 0.6) is 0 Å². The summed E-state index contributed by atoms with van der Waals surface area (Å²) >= 11 is 2.84. The molecule has 2 aromatic heterocycles. The molecule has 1 unspecified atom stereocenters. The Bertz CT molecular complexity index is 1110. The van der Waals surface area contributed by atoms with Gasteiger partial charge in [-0.1, -0.05) is 23.9 Å². The lowest BCUT2D eigenvalue weighted by atomic mass is 9.97. The minimum atomic E-state index is -0.300. The first kappa shape index (κ1) is 20.1. The number of rotatable bonds is 5. The van der Waals surface area contributed by atoms with Gasteiger partial charge in [-0.2, -0.15) is 0 Å². The van der Waals surface area contributed by atoms with E-state index in [1.54, 1.807) is 35.4 Å². The van der Waals surface area contributed by atoms with Crippen LogP contribution >= 0.6 is 23.1 Å². The molecule has 0 spiro atoms. The van der Waals surface area contributed by atoms with Crippen LogP contribution < -0.4 is 5.56 Å². The molecule has 152 valence electrons. The van der Waals surface area contributed by atoms with E-state index >= 15 is 0 Å². The summed E-state index contributed by atoms with van der Waals surface area (Å²) in [7, 11) is 1.73. The van der Waals surface area contributed by atoms with Gasteiger partial charge in [-0.15, -0.1) is 11.3 Å². The summed E-state index contributed by atoms with van der Waals surface area (Å²) < 4.78 is 13.1. The molecule has 0 aliphatic heterocycles. The predicted molar refractivity (Wildman–Crippen MR) is 115 cm³/mol. The van der Waals surface area contributed by atoms with E-state index in [2.05, 4.69) is 9.97 Å². The van der Waals surface area contributed by atoms with Gasteiger partial charge in [-0.05, 0) is 55.9 Å². The average molecular weight is 432 g/mol. The van der Waals surface area contributed by atoms with Crippen molar-refractivity contribution in [1.82, 2.24) is 14.9 Å². The van der Waals surface area contributed by atoms with Crippen molar-refractivity contribution in [2.75, 3.05) is 12.8 Å². The minimum Gasteiger partial charge on any atom is -0.338 e. The highest BCUT2D eigenvalue weighted by Gasteiger charge is 2.21. The third kappa shape index (κ3) is 4.09. The van der Waals surface area contributed by atoms with E-state index in [4.69, 9.17) is 0 Å². The maximum Gasteiger partial charge on any atom is 0.260 e. The fourth-order valence-corrected chi connectivity index (χ4v) is 5.73. The monoisotopic (exact) mass is 431 g/mol. The quantitative estimate of drug-likeness (QED) is 0.483. The van der Waals surface area contributed by atoms with E-state index in [0.717, 1.165) is 47.0 Å². The van der Waals surface area contributed by atoms with Gasteiger partial charge in [0.25, 0.3) is 5.56 Å². The van der Waals surface area contributed by atoms with Crippen LogP contribution in [0.15, 0.2) is 34.2 Å². The number of thiophene rings is 1. The van der Waals surface area contributed by atoms with Crippen LogP contribution in [0, 0.1) is 5.82 Å². The number of aromatic amines is 1. The van der Waals surface area contributed by atoms with Crippen LogP contribution in [0.3, 0.4) is 0 Å². The summed E-state index contributed by atoms with van der Waals surface area (Å²) in [4.78, 5) is 36.3. The van der Waals surface area contributed by atoms with E-state index in [1.807, 2.05) is 6.92 Å². The van der Waals surface area contributed by atoms with Gasteiger partial charge in [-0.25, -0.2) is 9.37 Å². The van der Waals surface area contributed by atoms with Crippen LogP contribution in [0.1, 0.15) is 41.8 Å². The van der Waals surface area contributed by atoms with Crippen LogP contribution in [-0.4, -0.2) is 33.6 Å². The topological polar surface area (TPSA) is 66.1 Å². The van der Waals surface area contributed by atoms with E-state index in [0.29, 0.717) is 5.16 Å². The van der Waals surface area contributed by atoms with E-state index < -0.39 is 0 Å². The van der Waals surface area contributed by atoms with E-state index in [-0.39, 0.29) is 29.1 Å². The zero-order chi connectivity index (χ0) is 20.5. The Kier molecular flexibility index (Phi) is 5.74. The van der Waals surface area contributed by atoms with Crippen molar-refractivity contribution in [3.63, 3.8) is 0 Å². The van der Waals surface area contributed by atoms with Crippen LogP contribution in [0.4, 0.5) is 4.39 Å². The smallest absolute Gasteiger partial charge is 0.260 e. The molecule has 0 saturated carbocycles. The van der Waals surface area contributed by atoms with Crippen molar-refractivity contribution in [3.8, 4) is 0 Å². The molecule has 3 aromatic rings. The first-order chi connectivity index (χ1) is 13.9. The molecule has 29 heavy (non-hydrogen) atoms. The number of thioether (sulfide) groups is 1. The number of nitrogens with one attached hydrogen (secondary N) is 1. The maximum absolute atomic E-state index is 13.1. The number of fused-ring (bicyclic) bond motifs is 3. The van der Waals surface area contributed by atoms with Gasteiger partial charge in [0.1, 0.15) is 10.6 Å². The van der Waals surface area contributed by atoms with Crippen molar-refractivity contribution >= 4 is 39.2 Å². The molecule has 1 aliphatic carbocycles. The summed E-state index contributed by atoms with van der Waals surface area (Å²) in [6.45, 7) is 1.90. The zero-order valence-electron chi connectivity index (χ0n) is 16.3. The maximum atomic E-state index is 13.1. The molecular formula is C21H22FN3O2S2. The summed E-state index contributed by atoms with van der Waals surface area (Å²) in [5.74, 6) is -0.215. The number of halogens is 1. The second-order valence-electron chi connectivity index (χ2n) is 7.28. The molecule has 0 saturated heterocycles. The number of amides is 1. The number of benzene rings is 1. The molecule has 1 aromatic carbocycles. The van der Waals surface area contributed by atoms with Gasteiger partial charge < -0.3 is 9.88 Å². The fraction of sp³-hybridized carbons (Fsp3) is 0.381. The van der Waals surface area contributed by atoms with Gasteiger partial charge in [0.15, 0.2) is 5.16 Å². The molecule has 1 amide bonds. The number of carbonyl (C=O) groups excluding carboxylic acids is 1. The summed E-state index contributed by atoms with van der Waals surface area (Å²) in [5, 5.41) is 1.19. The lowest BCUT2D eigenvalue weighted by Gasteiger charge is -2.25. The number of aryl methyl sites for hydroxylation is 2. The molecule has 8 heteroatoms. The summed E-state index contributed by atoms with van der Waals surface area (Å²) in [6, 6.07) is 5.97. The van der Waals surface area contributed by atoms with Gasteiger partial charge in [0.2, 0.25) is 5.91 Å². The molecular weight excluding hydrogens is 409 g/mol. The number of nitrogens with zero attached hydrogens (tertiary/aromatic N) is 2. The number of hydrogen-bond acceptors (Lipinski definition) is 5. The van der Waals surface area contributed by atoms with Gasteiger partial charge >= 0.3 is 0 Å². The summed E-state index contributed by atoms with van der Waals surface area (Å²) in [5.41, 5.74) is 1.91. The molecule has 1 N–H and O–H groups in total. The predicted octanol–water partition coefficient (Wildman–Crippen LogP) is 4.31. The van der Waals surface area contributed by atoms with Crippen LogP contribution in [0.25, 0.3) is 10.2 Å². The second-order valence-corrected chi connectivity index (χ2v) is 9.33. The second kappa shape index (κ2) is 8.28. The molecule has 0 fully saturated rings. The number of carbonyl (C=O) groups is 1. The van der Waals surface area contributed by atoms with Crippen molar-refractivity contribution in [3.05, 3.63) is 56.4 Å². The zero-order valence-corrected chi connectivity index (χ0v) is 18.0. The van der Waals surface area contributed by atoms with Crippen molar-refractivity contribution in [1.29, 1.82) is 0 Å². The molecule has 4 rings (SSSR count). The van der Waals surface area contributed by atoms with Gasteiger partial charge in [0, 0.05) is 11.9 Å². The Morgan fingerprint density at radius 2 is 2.03 bits per heavy atom. The van der Waals surface area contributed by atoms with Crippen LogP contribution in [0.2, 0.25) is 0 Å². The fourth-order valence-electron chi connectivity index (χ4n) is 3.63. The third-order valence-electron chi connectivity index (χ3n) is 5.46. The standard InChI is InChI=1S/C21H22FN3O2S2/c1-12(13-7-9-14(22)10-8-13)25(2)17(26)11-28-21-23-19(27)18-15-5-3-4-6-16(15)29-20(18)24-21/h7-10,12H,3-6,11H2,1-2H3,(H,23,24,27). The molecule has 5 nitrogen and oxygen atoms in total. The van der Waals surface area contributed by atoms with Crippen molar-refractivity contribution < 1.29 is 9.18 Å². The normalized spacial score (nSPS) is 14.6. The van der Waals surface area contributed by atoms with Gasteiger partial charge in [0.05, 0.1) is 17.2 Å². The summed E-state index contributed by atoms with van der Waals surface area (Å²) in [6.07, 6.45) is 4.23. The Morgan fingerprint density at radius 3 is 2.79 bits per heavy atom. The lowest BCUT2D eigenvalue weighted by molar-refractivity contribution is -0.128.